The second kappa shape index (κ2) is 8.57. The van der Waals surface area contributed by atoms with E-state index in [9.17, 15) is 9.59 Å². The maximum absolute atomic E-state index is 11.8. The summed E-state index contributed by atoms with van der Waals surface area (Å²) in [6.45, 7) is -0.390. The number of anilines is 1. The van der Waals surface area contributed by atoms with Crippen LogP contribution in [-0.2, 0) is 20.7 Å². The van der Waals surface area contributed by atoms with E-state index in [1.807, 2.05) is 0 Å². The highest BCUT2D eigenvalue weighted by molar-refractivity contribution is 6.35. The Morgan fingerprint density at radius 3 is 2.25 bits per heavy atom. The summed E-state index contributed by atoms with van der Waals surface area (Å²) in [5.41, 5.74) is 1.20. The van der Waals surface area contributed by atoms with Crippen molar-refractivity contribution in [3.8, 4) is 5.75 Å². The lowest BCUT2D eigenvalue weighted by Gasteiger charge is -2.08. The van der Waals surface area contributed by atoms with Gasteiger partial charge in [-0.2, -0.15) is 0 Å². The van der Waals surface area contributed by atoms with Crippen LogP contribution >= 0.6 is 23.2 Å². The van der Waals surface area contributed by atoms with Crippen molar-refractivity contribution in [3.05, 3.63) is 58.1 Å². The zero-order valence-corrected chi connectivity index (χ0v) is 14.4. The van der Waals surface area contributed by atoms with Gasteiger partial charge in [0.05, 0.1) is 13.5 Å². The summed E-state index contributed by atoms with van der Waals surface area (Å²) in [6.07, 6.45) is 0.0697. The Balaban J connectivity index is 1.81. The number of benzene rings is 2. The number of carbonyl (C=O) groups excluding carboxylic acids is 2. The van der Waals surface area contributed by atoms with Crippen molar-refractivity contribution in [2.24, 2.45) is 0 Å². The maximum Gasteiger partial charge on any atom is 0.310 e. The normalized spacial score (nSPS) is 10.1. The van der Waals surface area contributed by atoms with Gasteiger partial charge >= 0.3 is 5.97 Å². The lowest BCUT2D eigenvalue weighted by Crippen LogP contribution is -2.21. The third kappa shape index (κ3) is 5.76. The Morgan fingerprint density at radius 1 is 1.04 bits per heavy atom. The van der Waals surface area contributed by atoms with E-state index in [2.05, 4.69) is 5.32 Å². The van der Waals surface area contributed by atoms with E-state index in [0.717, 1.165) is 5.56 Å². The predicted molar refractivity (Wildman–Crippen MR) is 92.7 cm³/mol. The van der Waals surface area contributed by atoms with Crippen molar-refractivity contribution >= 4 is 40.8 Å². The van der Waals surface area contributed by atoms with Gasteiger partial charge in [0.1, 0.15) is 5.75 Å². The first-order chi connectivity index (χ1) is 11.5. The Labute approximate surface area is 149 Å². The summed E-state index contributed by atoms with van der Waals surface area (Å²) >= 11 is 11.7. The SMILES string of the molecule is COc1ccc(CC(=O)OCC(=O)Nc2cc(Cl)cc(Cl)c2)cc1. The van der Waals surface area contributed by atoms with E-state index in [1.165, 1.54) is 0 Å². The molecule has 0 aliphatic carbocycles. The summed E-state index contributed by atoms with van der Waals surface area (Å²) in [7, 11) is 1.56. The average molecular weight is 368 g/mol. The summed E-state index contributed by atoms with van der Waals surface area (Å²) in [4.78, 5) is 23.5. The third-order valence-electron chi connectivity index (χ3n) is 3.02. The van der Waals surface area contributed by atoms with Crippen LogP contribution in [0.25, 0.3) is 0 Å². The molecule has 0 unspecified atom stereocenters. The minimum atomic E-state index is -0.501. The van der Waals surface area contributed by atoms with Crippen LogP contribution in [0.15, 0.2) is 42.5 Å². The van der Waals surface area contributed by atoms with Gasteiger partial charge in [-0.3, -0.25) is 9.59 Å². The zero-order valence-electron chi connectivity index (χ0n) is 12.8. The van der Waals surface area contributed by atoms with Gasteiger partial charge in [-0.05, 0) is 35.9 Å². The van der Waals surface area contributed by atoms with Crippen LogP contribution in [0.1, 0.15) is 5.56 Å². The van der Waals surface area contributed by atoms with Crippen LogP contribution in [-0.4, -0.2) is 25.6 Å². The topological polar surface area (TPSA) is 64.6 Å². The largest absolute Gasteiger partial charge is 0.497 e. The molecule has 2 aromatic rings. The van der Waals surface area contributed by atoms with Crippen molar-refractivity contribution in [3.63, 3.8) is 0 Å². The number of carbonyl (C=O) groups is 2. The zero-order chi connectivity index (χ0) is 17.5. The summed E-state index contributed by atoms with van der Waals surface area (Å²) < 4.78 is 9.99. The van der Waals surface area contributed by atoms with Crippen LogP contribution < -0.4 is 10.1 Å². The molecule has 24 heavy (non-hydrogen) atoms. The Morgan fingerprint density at radius 2 is 1.67 bits per heavy atom. The Kier molecular flexibility index (Phi) is 6.46. The minimum absolute atomic E-state index is 0.0697. The van der Waals surface area contributed by atoms with Crippen LogP contribution in [0.5, 0.6) is 5.75 Å². The number of amides is 1. The van der Waals surface area contributed by atoms with Crippen molar-refractivity contribution in [1.82, 2.24) is 0 Å². The predicted octanol–water partition coefficient (Wildman–Crippen LogP) is 3.73. The highest BCUT2D eigenvalue weighted by Gasteiger charge is 2.10. The molecule has 7 heteroatoms. The van der Waals surface area contributed by atoms with E-state index in [-0.39, 0.29) is 13.0 Å². The molecular weight excluding hydrogens is 353 g/mol. The highest BCUT2D eigenvalue weighted by Crippen LogP contribution is 2.22. The van der Waals surface area contributed by atoms with Crippen LogP contribution in [0.2, 0.25) is 10.0 Å². The molecule has 0 aromatic heterocycles. The molecule has 0 bridgehead atoms. The van der Waals surface area contributed by atoms with Gasteiger partial charge in [0, 0.05) is 15.7 Å². The fraction of sp³-hybridized carbons (Fsp3) is 0.176. The van der Waals surface area contributed by atoms with Gasteiger partial charge in [0.2, 0.25) is 0 Å². The van der Waals surface area contributed by atoms with Crippen LogP contribution in [0, 0.1) is 0 Å². The van der Waals surface area contributed by atoms with Gasteiger partial charge in [-0.1, -0.05) is 35.3 Å². The Hall–Kier alpha value is -2.24. The first kappa shape index (κ1) is 18.1. The van der Waals surface area contributed by atoms with E-state index in [4.69, 9.17) is 32.7 Å². The van der Waals surface area contributed by atoms with Gasteiger partial charge in [0.25, 0.3) is 5.91 Å². The van der Waals surface area contributed by atoms with Crippen molar-refractivity contribution in [2.45, 2.75) is 6.42 Å². The molecule has 2 rings (SSSR count). The van der Waals surface area contributed by atoms with Gasteiger partial charge in [-0.25, -0.2) is 0 Å². The fourth-order valence-corrected chi connectivity index (χ4v) is 2.46. The fourth-order valence-electron chi connectivity index (χ4n) is 1.93. The minimum Gasteiger partial charge on any atom is -0.497 e. The van der Waals surface area contributed by atoms with Gasteiger partial charge < -0.3 is 14.8 Å². The molecule has 5 nitrogen and oxygen atoms in total. The number of rotatable bonds is 6. The van der Waals surface area contributed by atoms with E-state index < -0.39 is 11.9 Å². The Bertz CT molecular complexity index is 712. The number of esters is 1. The number of methoxy groups -OCH3 is 1. The molecular formula is C17H15Cl2NO4. The first-order valence-corrected chi connectivity index (χ1v) is 7.76. The monoisotopic (exact) mass is 367 g/mol. The van der Waals surface area contributed by atoms with Gasteiger partial charge in [-0.15, -0.1) is 0 Å². The number of ether oxygens (including phenoxy) is 2. The standard InChI is InChI=1S/C17H15Cl2NO4/c1-23-15-4-2-11(3-5-15)6-17(22)24-10-16(21)20-14-8-12(18)7-13(19)9-14/h2-5,7-9H,6,10H2,1H3,(H,20,21). The molecule has 0 fully saturated rings. The number of hydrogen-bond acceptors (Lipinski definition) is 4. The third-order valence-corrected chi connectivity index (χ3v) is 3.45. The quantitative estimate of drug-likeness (QED) is 0.790. The lowest BCUT2D eigenvalue weighted by molar-refractivity contribution is -0.146. The van der Waals surface area contributed by atoms with Crippen molar-refractivity contribution in [2.75, 3.05) is 19.0 Å². The molecule has 0 radical (unpaired) electrons. The van der Waals surface area contributed by atoms with E-state index in [0.29, 0.717) is 21.5 Å². The van der Waals surface area contributed by atoms with E-state index in [1.54, 1.807) is 49.6 Å². The first-order valence-electron chi connectivity index (χ1n) is 7.01. The average Bonchev–Trinajstić information content (AvgIpc) is 2.53. The van der Waals surface area contributed by atoms with Crippen LogP contribution in [0.4, 0.5) is 5.69 Å². The second-order valence-electron chi connectivity index (χ2n) is 4.89. The number of nitrogens with one attached hydrogen (secondary N) is 1. The molecule has 0 spiro atoms. The molecule has 1 N–H and O–H groups in total. The molecule has 0 aliphatic heterocycles. The van der Waals surface area contributed by atoms with Crippen molar-refractivity contribution in [1.29, 1.82) is 0 Å². The highest BCUT2D eigenvalue weighted by atomic mass is 35.5. The van der Waals surface area contributed by atoms with Gasteiger partial charge in [0.15, 0.2) is 6.61 Å². The maximum atomic E-state index is 11.8. The van der Waals surface area contributed by atoms with Crippen LogP contribution in [0.3, 0.4) is 0 Å². The van der Waals surface area contributed by atoms with E-state index >= 15 is 0 Å². The number of halogens is 2. The molecule has 0 saturated carbocycles. The summed E-state index contributed by atoms with van der Waals surface area (Å²) in [6, 6.07) is 11.7. The smallest absolute Gasteiger partial charge is 0.310 e. The molecule has 0 heterocycles. The number of hydrogen-bond donors (Lipinski definition) is 1. The molecule has 126 valence electrons. The molecule has 2 aromatic carbocycles. The molecule has 0 saturated heterocycles. The molecule has 0 atom stereocenters. The summed E-state index contributed by atoms with van der Waals surface area (Å²) in [5, 5.41) is 3.35. The molecule has 1 amide bonds. The lowest BCUT2D eigenvalue weighted by atomic mass is 10.1. The molecule has 0 aliphatic rings. The second-order valence-corrected chi connectivity index (χ2v) is 5.76. The van der Waals surface area contributed by atoms with Crippen molar-refractivity contribution < 1.29 is 19.1 Å². The summed E-state index contributed by atoms with van der Waals surface area (Å²) in [5.74, 6) is -0.275.